The smallest absolute Gasteiger partial charge is 0.315 e. The van der Waals surface area contributed by atoms with Crippen LogP contribution < -0.4 is 15.0 Å². The third kappa shape index (κ3) is 3.85. The molecule has 0 spiro atoms. The molecule has 2 aromatic carbocycles. The maximum atomic E-state index is 13.6. The second kappa shape index (κ2) is 7.78. The largest absolute Gasteiger partial charge is 0.426 e. The minimum atomic E-state index is -0.738. The van der Waals surface area contributed by atoms with Gasteiger partial charge in [0.25, 0.3) is 0 Å². The Morgan fingerprint density at radius 3 is 2.70 bits per heavy atom. The molecule has 0 saturated carbocycles. The lowest BCUT2D eigenvalue weighted by Crippen LogP contribution is -2.55. The highest BCUT2D eigenvalue weighted by Gasteiger charge is 2.30. The Morgan fingerprint density at radius 2 is 1.97 bits per heavy atom. The number of hydrogen-bond acceptors (Lipinski definition) is 5. The fourth-order valence-corrected chi connectivity index (χ4v) is 3.85. The van der Waals surface area contributed by atoms with Crippen LogP contribution in [-0.4, -0.2) is 48.4 Å². The summed E-state index contributed by atoms with van der Waals surface area (Å²) >= 11 is 0. The van der Waals surface area contributed by atoms with E-state index in [1.807, 2.05) is 6.92 Å². The molecule has 30 heavy (non-hydrogen) atoms. The molecule has 2 aliphatic rings. The van der Waals surface area contributed by atoms with Crippen LogP contribution in [0.25, 0.3) is 0 Å². The molecule has 1 atom stereocenters. The molecule has 0 aliphatic carbocycles. The van der Waals surface area contributed by atoms with E-state index < -0.39 is 11.8 Å². The Hall–Kier alpha value is -3.42. The molecule has 1 saturated heterocycles. The Bertz CT molecular complexity index is 1040. The van der Waals surface area contributed by atoms with Gasteiger partial charge in [-0.2, -0.15) is 0 Å². The van der Waals surface area contributed by atoms with E-state index in [1.54, 1.807) is 37.3 Å². The number of aryl methyl sites for hydroxylation is 1. The molecule has 0 radical (unpaired) electrons. The molecule has 2 aliphatic heterocycles. The third-order valence-corrected chi connectivity index (χ3v) is 5.47. The number of benzene rings is 2. The standard InChI is InChI=1S/C22H22FN3O4/c1-13-9-17(5-6-18(13)23)26-8-7-25(12-14(26)2)22(29)21(28)24-16-4-3-15-10-20(27)30-19(15)11-16/h3-6,9,11,14H,7-8,10,12H2,1-2H3,(H,24,28)/t14-/m1/s1. The summed E-state index contributed by atoms with van der Waals surface area (Å²) in [6.45, 7) is 4.98. The first kappa shape index (κ1) is 19.9. The van der Waals surface area contributed by atoms with Gasteiger partial charge in [0.2, 0.25) is 0 Å². The highest BCUT2D eigenvalue weighted by atomic mass is 19.1. The van der Waals surface area contributed by atoms with E-state index in [4.69, 9.17) is 4.74 Å². The molecule has 156 valence electrons. The molecule has 1 N–H and O–H groups in total. The highest BCUT2D eigenvalue weighted by Crippen LogP contribution is 2.29. The van der Waals surface area contributed by atoms with Crippen molar-refractivity contribution in [3.8, 4) is 5.75 Å². The first-order chi connectivity index (χ1) is 14.3. The molecule has 0 unspecified atom stereocenters. The number of carbonyl (C=O) groups is 3. The van der Waals surface area contributed by atoms with E-state index >= 15 is 0 Å². The van der Waals surface area contributed by atoms with Gasteiger partial charge in [-0.25, -0.2) is 4.39 Å². The fourth-order valence-electron chi connectivity index (χ4n) is 3.85. The van der Waals surface area contributed by atoms with Crippen molar-refractivity contribution in [3.05, 3.63) is 53.3 Å². The Morgan fingerprint density at radius 1 is 1.17 bits per heavy atom. The zero-order chi connectivity index (χ0) is 21.4. The average molecular weight is 411 g/mol. The predicted molar refractivity (Wildman–Crippen MR) is 109 cm³/mol. The Balaban J connectivity index is 1.38. The van der Waals surface area contributed by atoms with Crippen LogP contribution in [0.1, 0.15) is 18.1 Å². The number of hydrogen-bond donors (Lipinski definition) is 1. The van der Waals surface area contributed by atoms with Gasteiger partial charge in [-0.05, 0) is 43.7 Å². The molecule has 0 aromatic heterocycles. The summed E-state index contributed by atoms with van der Waals surface area (Å²) in [5.41, 5.74) is 2.61. The van der Waals surface area contributed by atoms with Crippen molar-refractivity contribution < 1.29 is 23.5 Å². The van der Waals surface area contributed by atoms with Gasteiger partial charge in [0.05, 0.1) is 6.42 Å². The SMILES string of the molecule is Cc1cc(N2CCN(C(=O)C(=O)Nc3ccc4c(c3)OC(=O)C4)C[C@H]2C)ccc1F. The van der Waals surface area contributed by atoms with Crippen molar-refractivity contribution >= 4 is 29.2 Å². The van der Waals surface area contributed by atoms with Crippen LogP contribution >= 0.6 is 0 Å². The lowest BCUT2D eigenvalue weighted by atomic mass is 10.1. The number of halogens is 1. The predicted octanol–water partition coefficient (Wildman–Crippen LogP) is 2.27. The van der Waals surface area contributed by atoms with Gasteiger partial charge in [-0.3, -0.25) is 14.4 Å². The van der Waals surface area contributed by atoms with Crippen LogP contribution in [0, 0.1) is 12.7 Å². The molecule has 2 aromatic rings. The number of anilines is 2. The van der Waals surface area contributed by atoms with Crippen molar-refractivity contribution in [1.29, 1.82) is 0 Å². The van der Waals surface area contributed by atoms with Crippen LogP contribution in [0.15, 0.2) is 36.4 Å². The van der Waals surface area contributed by atoms with Gasteiger partial charge in [0.15, 0.2) is 0 Å². The quantitative estimate of drug-likeness (QED) is 0.466. The molecule has 0 bridgehead atoms. The third-order valence-electron chi connectivity index (χ3n) is 5.47. The maximum absolute atomic E-state index is 13.6. The minimum absolute atomic E-state index is 0.0280. The summed E-state index contributed by atoms with van der Waals surface area (Å²) in [6, 6.07) is 9.81. The summed E-state index contributed by atoms with van der Waals surface area (Å²) in [6.07, 6.45) is 0.207. The zero-order valence-corrected chi connectivity index (χ0v) is 16.8. The number of piperazine rings is 1. The monoisotopic (exact) mass is 411 g/mol. The van der Waals surface area contributed by atoms with Gasteiger partial charge >= 0.3 is 17.8 Å². The van der Waals surface area contributed by atoms with Crippen LogP contribution in [-0.2, 0) is 20.8 Å². The molecular weight excluding hydrogens is 389 g/mol. The van der Waals surface area contributed by atoms with E-state index in [1.165, 1.54) is 11.0 Å². The molecular formula is C22H22FN3O4. The van der Waals surface area contributed by atoms with E-state index in [-0.39, 0.29) is 24.2 Å². The second-order valence-electron chi connectivity index (χ2n) is 7.65. The minimum Gasteiger partial charge on any atom is -0.426 e. The molecule has 2 amide bonds. The number of fused-ring (bicyclic) bond motifs is 1. The first-order valence-corrected chi connectivity index (χ1v) is 9.78. The second-order valence-corrected chi connectivity index (χ2v) is 7.65. The number of esters is 1. The highest BCUT2D eigenvalue weighted by molar-refractivity contribution is 6.39. The zero-order valence-electron chi connectivity index (χ0n) is 16.8. The average Bonchev–Trinajstić information content (AvgIpc) is 3.08. The van der Waals surface area contributed by atoms with Crippen LogP contribution in [0.3, 0.4) is 0 Å². The van der Waals surface area contributed by atoms with E-state index in [9.17, 15) is 18.8 Å². The topological polar surface area (TPSA) is 79.0 Å². The normalized spacial score (nSPS) is 18.1. The summed E-state index contributed by atoms with van der Waals surface area (Å²) in [4.78, 5) is 40.1. The number of nitrogens with one attached hydrogen (secondary N) is 1. The summed E-state index contributed by atoms with van der Waals surface area (Å²) in [7, 11) is 0. The number of amides is 2. The molecule has 2 heterocycles. The van der Waals surface area contributed by atoms with Gasteiger partial charge in [0, 0.05) is 48.7 Å². The van der Waals surface area contributed by atoms with E-state index in [0.29, 0.717) is 36.6 Å². The van der Waals surface area contributed by atoms with Crippen LogP contribution in [0.2, 0.25) is 0 Å². The van der Waals surface area contributed by atoms with E-state index in [0.717, 1.165) is 11.3 Å². The van der Waals surface area contributed by atoms with Gasteiger partial charge in [0.1, 0.15) is 11.6 Å². The molecule has 7 nitrogen and oxygen atoms in total. The van der Waals surface area contributed by atoms with Crippen molar-refractivity contribution in [1.82, 2.24) is 4.90 Å². The van der Waals surface area contributed by atoms with Gasteiger partial charge < -0.3 is 19.9 Å². The Kier molecular flexibility index (Phi) is 5.15. The Labute approximate surface area is 173 Å². The van der Waals surface area contributed by atoms with Crippen molar-refractivity contribution in [2.75, 3.05) is 29.9 Å². The van der Waals surface area contributed by atoms with Gasteiger partial charge in [-0.1, -0.05) is 6.07 Å². The summed E-state index contributed by atoms with van der Waals surface area (Å²) < 4.78 is 18.6. The van der Waals surface area contributed by atoms with Crippen LogP contribution in [0.5, 0.6) is 5.75 Å². The lowest BCUT2D eigenvalue weighted by molar-refractivity contribution is -0.143. The van der Waals surface area contributed by atoms with Crippen molar-refractivity contribution in [2.24, 2.45) is 0 Å². The van der Waals surface area contributed by atoms with Gasteiger partial charge in [-0.15, -0.1) is 0 Å². The summed E-state index contributed by atoms with van der Waals surface area (Å²) in [5.74, 6) is -1.54. The van der Waals surface area contributed by atoms with E-state index in [2.05, 4.69) is 10.2 Å². The number of carbonyl (C=O) groups excluding carboxylic acids is 3. The number of rotatable bonds is 2. The van der Waals surface area contributed by atoms with Crippen LogP contribution in [0.4, 0.5) is 15.8 Å². The maximum Gasteiger partial charge on any atom is 0.315 e. The summed E-state index contributed by atoms with van der Waals surface area (Å²) in [5, 5.41) is 2.58. The molecule has 8 heteroatoms. The fraction of sp³-hybridized carbons (Fsp3) is 0.318. The lowest BCUT2D eigenvalue weighted by Gasteiger charge is -2.41. The van der Waals surface area contributed by atoms with Crippen molar-refractivity contribution in [2.45, 2.75) is 26.3 Å². The number of nitrogens with zero attached hydrogens (tertiary/aromatic N) is 2. The van der Waals surface area contributed by atoms with Crippen molar-refractivity contribution in [3.63, 3.8) is 0 Å². The first-order valence-electron chi connectivity index (χ1n) is 9.78. The molecule has 1 fully saturated rings. The number of ether oxygens (including phenoxy) is 1. The molecule has 4 rings (SSSR count).